The number of ketones is 1. The highest BCUT2D eigenvalue weighted by atomic mass is 16.7. The third-order valence-electron chi connectivity index (χ3n) is 5.73. The molecule has 3 N–H and O–H groups in total. The van der Waals surface area contributed by atoms with Gasteiger partial charge in [-0.1, -0.05) is 6.07 Å². The number of carboxylic acid groups (broad SMARTS) is 1. The number of hydrogen-bond acceptors (Lipinski definition) is 8. The third kappa shape index (κ3) is 4.76. The molecule has 4 rings (SSSR count). The number of carbonyl (C=O) groups excluding carboxylic acids is 1. The Balaban J connectivity index is 1.91. The summed E-state index contributed by atoms with van der Waals surface area (Å²) in [5.41, 5.74) is 7.35. The maximum atomic E-state index is 13.7. The second-order valence-corrected chi connectivity index (χ2v) is 7.89. The van der Waals surface area contributed by atoms with Crippen molar-refractivity contribution in [1.82, 2.24) is 0 Å². The predicted octanol–water partition coefficient (Wildman–Crippen LogP) is 3.99. The zero-order valence-corrected chi connectivity index (χ0v) is 20.0. The summed E-state index contributed by atoms with van der Waals surface area (Å²) in [6.07, 6.45) is -0.0317. The first-order valence-corrected chi connectivity index (χ1v) is 10.9. The van der Waals surface area contributed by atoms with Crippen molar-refractivity contribution in [3.05, 3.63) is 76.9 Å². The lowest BCUT2D eigenvalue weighted by molar-refractivity contribution is -0.130. The van der Waals surface area contributed by atoms with Crippen LogP contribution in [0.3, 0.4) is 0 Å². The molecule has 3 aromatic rings. The molecule has 0 unspecified atom stereocenters. The second-order valence-electron chi connectivity index (χ2n) is 7.89. The minimum Gasteiger partial charge on any atom is -0.493 e. The van der Waals surface area contributed by atoms with E-state index in [1.54, 1.807) is 54.6 Å². The highest BCUT2D eigenvalue weighted by Gasteiger charge is 2.26. The molecule has 3 aromatic carbocycles. The zero-order chi connectivity index (χ0) is 25.8. The Labute approximate surface area is 207 Å². The van der Waals surface area contributed by atoms with Crippen molar-refractivity contribution in [1.29, 1.82) is 0 Å². The molecule has 0 radical (unpaired) electrons. The highest BCUT2D eigenvalue weighted by molar-refractivity contribution is 6.26. The lowest BCUT2D eigenvalue weighted by Crippen LogP contribution is -2.14. The number of nitrogens with two attached hydrogens (primary N) is 1. The van der Waals surface area contributed by atoms with Crippen LogP contribution in [0.4, 0.5) is 5.69 Å². The van der Waals surface area contributed by atoms with E-state index in [1.165, 1.54) is 21.3 Å². The number of nitrogen functional groups attached to an aromatic ring is 1. The summed E-state index contributed by atoms with van der Waals surface area (Å²) in [4.78, 5) is 26.3. The van der Waals surface area contributed by atoms with Gasteiger partial charge in [-0.3, -0.25) is 4.79 Å². The van der Waals surface area contributed by atoms with E-state index in [0.717, 1.165) is 0 Å². The lowest BCUT2D eigenvalue weighted by atomic mass is 9.89. The van der Waals surface area contributed by atoms with Gasteiger partial charge in [-0.05, 0) is 59.7 Å². The Morgan fingerprint density at radius 1 is 0.861 bits per heavy atom. The first-order valence-electron chi connectivity index (χ1n) is 10.9. The number of hydrogen-bond donors (Lipinski definition) is 2. The van der Waals surface area contributed by atoms with Crippen molar-refractivity contribution in [3.8, 4) is 28.7 Å². The molecule has 186 valence electrons. The number of aliphatic carboxylic acids is 1. The summed E-state index contributed by atoms with van der Waals surface area (Å²) >= 11 is 0. The molecule has 0 fully saturated rings. The number of carbonyl (C=O) groups is 2. The van der Waals surface area contributed by atoms with Gasteiger partial charge >= 0.3 is 5.97 Å². The van der Waals surface area contributed by atoms with Crippen molar-refractivity contribution >= 4 is 23.0 Å². The number of carboxylic acids is 1. The molecule has 9 nitrogen and oxygen atoms in total. The zero-order valence-electron chi connectivity index (χ0n) is 20.0. The first-order chi connectivity index (χ1) is 17.4. The minimum atomic E-state index is -1.26. The average molecular weight is 491 g/mol. The quantitative estimate of drug-likeness (QED) is 0.259. The molecule has 9 heteroatoms. The van der Waals surface area contributed by atoms with Gasteiger partial charge < -0.3 is 34.5 Å². The molecule has 0 saturated carbocycles. The Bertz CT molecular complexity index is 1320. The molecule has 0 aliphatic carbocycles. The highest BCUT2D eigenvalue weighted by Crippen LogP contribution is 2.40. The first kappa shape index (κ1) is 24.5. The normalized spacial score (nSPS) is 12.5. The number of ether oxygens (including phenoxy) is 5. The largest absolute Gasteiger partial charge is 0.493 e. The number of benzene rings is 3. The standard InChI is InChI=1S/C27H25NO8/c1-32-22-11-15(12-23(33-2)26(22)34-3)10-19(25(29)16-4-7-18(28)8-5-16)24(27(30)31)17-6-9-20-21(13-17)36-14-35-20/h4-9,11-13H,10,14,28H2,1-3H3,(H,30,31)/b24-19+. The molecule has 0 saturated heterocycles. The van der Waals surface area contributed by atoms with Crippen LogP contribution in [0.15, 0.2) is 60.2 Å². The van der Waals surface area contributed by atoms with E-state index < -0.39 is 11.8 Å². The molecule has 0 bridgehead atoms. The number of Topliss-reactive ketones (excluding diaryl/α,β-unsaturated/α-hetero) is 1. The van der Waals surface area contributed by atoms with Gasteiger partial charge in [0.25, 0.3) is 0 Å². The van der Waals surface area contributed by atoms with E-state index >= 15 is 0 Å². The van der Waals surface area contributed by atoms with Crippen molar-refractivity contribution in [2.24, 2.45) is 0 Å². The van der Waals surface area contributed by atoms with Crippen molar-refractivity contribution in [3.63, 3.8) is 0 Å². The van der Waals surface area contributed by atoms with E-state index in [-0.39, 0.29) is 24.4 Å². The third-order valence-corrected chi connectivity index (χ3v) is 5.73. The van der Waals surface area contributed by atoms with E-state index in [9.17, 15) is 14.7 Å². The topological polar surface area (TPSA) is 127 Å². The SMILES string of the molecule is COc1cc(C/C(C(=O)c2ccc(N)cc2)=C(\C(=O)O)c2ccc3c(c2)OCO3)cc(OC)c1OC. The van der Waals surface area contributed by atoms with Gasteiger partial charge in [0, 0.05) is 23.2 Å². The number of fused-ring (bicyclic) bond motifs is 1. The smallest absolute Gasteiger partial charge is 0.336 e. The van der Waals surface area contributed by atoms with Gasteiger partial charge in [0.2, 0.25) is 12.5 Å². The number of anilines is 1. The van der Waals surface area contributed by atoms with Crippen LogP contribution in [0.2, 0.25) is 0 Å². The Hall–Kier alpha value is -4.66. The van der Waals surface area contributed by atoms with Crippen molar-refractivity contribution < 1.29 is 38.4 Å². The maximum absolute atomic E-state index is 13.7. The maximum Gasteiger partial charge on any atom is 0.336 e. The molecule has 0 amide bonds. The summed E-state index contributed by atoms with van der Waals surface area (Å²) in [7, 11) is 4.44. The van der Waals surface area contributed by atoms with Gasteiger partial charge in [0.05, 0.1) is 26.9 Å². The molecular weight excluding hydrogens is 466 g/mol. The summed E-state index contributed by atoms with van der Waals surface area (Å²) < 4.78 is 27.0. The molecule has 1 heterocycles. The van der Waals surface area contributed by atoms with Gasteiger partial charge in [0.1, 0.15) is 0 Å². The second kappa shape index (κ2) is 10.3. The van der Waals surface area contributed by atoms with Crippen molar-refractivity contribution in [2.75, 3.05) is 33.9 Å². The number of methoxy groups -OCH3 is 3. The fourth-order valence-electron chi connectivity index (χ4n) is 4.01. The van der Waals surface area contributed by atoms with Crippen LogP contribution in [0.1, 0.15) is 21.5 Å². The summed E-state index contributed by atoms with van der Waals surface area (Å²) in [5, 5.41) is 10.3. The fraction of sp³-hybridized carbons (Fsp3) is 0.185. The fourth-order valence-corrected chi connectivity index (χ4v) is 4.01. The van der Waals surface area contributed by atoms with Crippen molar-refractivity contribution in [2.45, 2.75) is 6.42 Å². The molecule has 0 atom stereocenters. The monoisotopic (exact) mass is 491 g/mol. The van der Waals surface area contributed by atoms with Crippen LogP contribution < -0.4 is 29.4 Å². The van der Waals surface area contributed by atoms with Crippen LogP contribution in [0.25, 0.3) is 5.57 Å². The Morgan fingerprint density at radius 3 is 2.06 bits per heavy atom. The molecule has 36 heavy (non-hydrogen) atoms. The van der Waals surface area contributed by atoms with Crippen LogP contribution in [-0.2, 0) is 11.2 Å². The van der Waals surface area contributed by atoms with Gasteiger partial charge in [-0.15, -0.1) is 0 Å². The molecule has 1 aliphatic heterocycles. The summed E-state index contributed by atoms with van der Waals surface area (Å²) in [6.45, 7) is 0.0353. The van der Waals surface area contributed by atoms with E-state index in [4.69, 9.17) is 29.4 Å². The average Bonchev–Trinajstić information content (AvgIpc) is 3.35. The number of rotatable bonds is 9. The Morgan fingerprint density at radius 2 is 1.47 bits per heavy atom. The lowest BCUT2D eigenvalue weighted by Gasteiger charge is -2.17. The summed E-state index contributed by atoms with van der Waals surface area (Å²) in [6, 6.07) is 14.4. The van der Waals surface area contributed by atoms with E-state index in [2.05, 4.69) is 0 Å². The summed E-state index contributed by atoms with van der Waals surface area (Å²) in [5.74, 6) is 0.322. The minimum absolute atomic E-state index is 0.0317. The van der Waals surface area contributed by atoms with Gasteiger partial charge in [-0.25, -0.2) is 4.79 Å². The van der Waals surface area contributed by atoms with Crippen LogP contribution >= 0.6 is 0 Å². The van der Waals surface area contributed by atoms with Gasteiger partial charge in [-0.2, -0.15) is 0 Å². The Kier molecular flexibility index (Phi) is 7.00. The van der Waals surface area contributed by atoms with E-state index in [1.807, 2.05) is 0 Å². The van der Waals surface area contributed by atoms with Crippen LogP contribution in [-0.4, -0.2) is 45.0 Å². The molecular formula is C27H25NO8. The van der Waals surface area contributed by atoms with Crippen LogP contribution in [0, 0.1) is 0 Å². The van der Waals surface area contributed by atoms with Gasteiger partial charge in [0.15, 0.2) is 28.8 Å². The number of allylic oxidation sites excluding steroid dienone is 1. The molecule has 0 aromatic heterocycles. The van der Waals surface area contributed by atoms with E-state index in [0.29, 0.717) is 51.1 Å². The van der Waals surface area contributed by atoms with Crippen LogP contribution in [0.5, 0.6) is 28.7 Å². The molecule has 1 aliphatic rings. The molecule has 0 spiro atoms. The predicted molar refractivity (Wildman–Crippen MR) is 132 cm³/mol.